The van der Waals surface area contributed by atoms with E-state index in [1.54, 1.807) is 28.4 Å². The van der Waals surface area contributed by atoms with E-state index in [-0.39, 0.29) is 17.2 Å². The molecule has 150 valence electrons. The molecule has 0 unspecified atom stereocenters. The molecule has 0 bridgehead atoms. The van der Waals surface area contributed by atoms with Gasteiger partial charge >= 0.3 is 6.61 Å². The number of hydrogen-bond acceptors (Lipinski definition) is 5. The van der Waals surface area contributed by atoms with Crippen LogP contribution in [0.1, 0.15) is 10.4 Å². The van der Waals surface area contributed by atoms with Crippen LogP contribution < -0.4 is 9.64 Å². The number of rotatable bonds is 5. The number of amides is 1. The number of alkyl halides is 2. The first-order valence-electron chi connectivity index (χ1n) is 9.21. The zero-order valence-electron chi connectivity index (χ0n) is 15.5. The van der Waals surface area contributed by atoms with Gasteiger partial charge in [-0.3, -0.25) is 4.79 Å². The van der Waals surface area contributed by atoms with Gasteiger partial charge in [0.1, 0.15) is 5.75 Å². The first-order valence-corrected chi connectivity index (χ1v) is 10.0. The van der Waals surface area contributed by atoms with E-state index in [4.69, 9.17) is 0 Å². The maximum absolute atomic E-state index is 12.8. The van der Waals surface area contributed by atoms with Crippen LogP contribution in [0.2, 0.25) is 0 Å². The molecule has 1 aliphatic rings. The average molecular weight is 415 g/mol. The van der Waals surface area contributed by atoms with Crippen LogP contribution in [0, 0.1) is 0 Å². The van der Waals surface area contributed by atoms with Gasteiger partial charge < -0.3 is 14.5 Å². The SMILES string of the molecule is O=C(c1ccccc1OC(F)F)N1CCN(c2ncc(-c3ccccc3)s2)CC1. The molecular weight excluding hydrogens is 396 g/mol. The maximum atomic E-state index is 12.8. The first-order chi connectivity index (χ1) is 14.1. The van der Waals surface area contributed by atoms with Crippen molar-refractivity contribution in [3.05, 3.63) is 66.4 Å². The van der Waals surface area contributed by atoms with Gasteiger partial charge in [0.05, 0.1) is 10.4 Å². The number of nitrogens with zero attached hydrogens (tertiary/aromatic N) is 3. The molecule has 2 aromatic carbocycles. The van der Waals surface area contributed by atoms with E-state index in [0.29, 0.717) is 26.2 Å². The molecule has 1 saturated heterocycles. The van der Waals surface area contributed by atoms with Crippen LogP contribution >= 0.6 is 11.3 Å². The van der Waals surface area contributed by atoms with Gasteiger partial charge in [0.15, 0.2) is 5.13 Å². The zero-order chi connectivity index (χ0) is 20.2. The van der Waals surface area contributed by atoms with E-state index in [9.17, 15) is 13.6 Å². The highest BCUT2D eigenvalue weighted by Crippen LogP contribution is 2.31. The van der Waals surface area contributed by atoms with Crippen molar-refractivity contribution in [2.75, 3.05) is 31.1 Å². The van der Waals surface area contributed by atoms with E-state index in [2.05, 4.69) is 14.6 Å². The van der Waals surface area contributed by atoms with Crippen LogP contribution in [0.25, 0.3) is 10.4 Å². The second-order valence-electron chi connectivity index (χ2n) is 6.53. The van der Waals surface area contributed by atoms with Crippen LogP contribution in [0.4, 0.5) is 13.9 Å². The van der Waals surface area contributed by atoms with Gasteiger partial charge in [-0.05, 0) is 17.7 Å². The fraction of sp³-hybridized carbons (Fsp3) is 0.238. The summed E-state index contributed by atoms with van der Waals surface area (Å²) >= 11 is 1.62. The minimum Gasteiger partial charge on any atom is -0.434 e. The van der Waals surface area contributed by atoms with Crippen LogP contribution in [0.5, 0.6) is 5.75 Å². The maximum Gasteiger partial charge on any atom is 0.387 e. The first kappa shape index (κ1) is 19.3. The summed E-state index contributed by atoms with van der Waals surface area (Å²) in [4.78, 5) is 22.2. The van der Waals surface area contributed by atoms with Crippen molar-refractivity contribution in [1.29, 1.82) is 0 Å². The summed E-state index contributed by atoms with van der Waals surface area (Å²) in [5, 5.41) is 0.914. The third-order valence-electron chi connectivity index (χ3n) is 4.72. The molecule has 5 nitrogen and oxygen atoms in total. The van der Waals surface area contributed by atoms with E-state index >= 15 is 0 Å². The summed E-state index contributed by atoms with van der Waals surface area (Å²) in [6, 6.07) is 16.2. The lowest BCUT2D eigenvalue weighted by Gasteiger charge is -2.34. The molecule has 0 aliphatic carbocycles. The minimum atomic E-state index is -2.97. The smallest absolute Gasteiger partial charge is 0.387 e. The van der Waals surface area contributed by atoms with Crippen molar-refractivity contribution in [3.8, 4) is 16.2 Å². The van der Waals surface area contributed by atoms with E-state index in [1.807, 2.05) is 36.5 Å². The number of thiazole rings is 1. The number of ether oxygens (including phenoxy) is 1. The molecule has 8 heteroatoms. The number of para-hydroxylation sites is 1. The fourth-order valence-corrected chi connectivity index (χ4v) is 4.23. The topological polar surface area (TPSA) is 45.7 Å². The van der Waals surface area contributed by atoms with Crippen LogP contribution in [-0.2, 0) is 0 Å². The van der Waals surface area contributed by atoms with Crippen LogP contribution in [0.3, 0.4) is 0 Å². The summed E-state index contributed by atoms with van der Waals surface area (Å²) in [5.74, 6) is -0.396. The molecule has 0 N–H and O–H groups in total. The van der Waals surface area contributed by atoms with Gasteiger partial charge in [-0.15, -0.1) is 0 Å². The van der Waals surface area contributed by atoms with Crippen molar-refractivity contribution >= 4 is 22.4 Å². The number of piperazine rings is 1. The summed E-state index contributed by atoms with van der Waals surface area (Å²) in [5.41, 5.74) is 1.28. The highest BCUT2D eigenvalue weighted by Gasteiger charge is 2.26. The number of benzene rings is 2. The number of carbonyl (C=O) groups is 1. The van der Waals surface area contributed by atoms with Gasteiger partial charge in [-0.1, -0.05) is 53.8 Å². The molecule has 0 atom stereocenters. The Morgan fingerprint density at radius 3 is 2.41 bits per heavy atom. The molecule has 0 spiro atoms. The van der Waals surface area contributed by atoms with E-state index in [1.165, 1.54) is 12.1 Å². The van der Waals surface area contributed by atoms with Crippen LogP contribution in [0.15, 0.2) is 60.8 Å². The molecule has 0 saturated carbocycles. The molecule has 2 heterocycles. The molecule has 1 aromatic heterocycles. The Kier molecular flexibility index (Phi) is 5.71. The van der Waals surface area contributed by atoms with Gasteiger partial charge in [0.2, 0.25) is 0 Å². The molecule has 1 amide bonds. The number of halogens is 2. The average Bonchev–Trinajstić information content (AvgIpc) is 3.24. The Labute approximate surface area is 171 Å². The number of anilines is 1. The third kappa shape index (κ3) is 4.37. The lowest BCUT2D eigenvalue weighted by molar-refractivity contribution is -0.0502. The lowest BCUT2D eigenvalue weighted by atomic mass is 10.1. The van der Waals surface area contributed by atoms with E-state index < -0.39 is 6.61 Å². The van der Waals surface area contributed by atoms with Crippen molar-refractivity contribution in [3.63, 3.8) is 0 Å². The minimum absolute atomic E-state index is 0.0950. The standard InChI is InChI=1S/C21H19F2N3O2S/c22-20(23)28-17-9-5-4-8-16(17)19(27)25-10-12-26(13-11-25)21-24-14-18(29-21)15-6-2-1-3-7-15/h1-9,14,20H,10-13H2. The van der Waals surface area contributed by atoms with Crippen molar-refractivity contribution in [2.24, 2.45) is 0 Å². The fourth-order valence-electron chi connectivity index (χ4n) is 3.26. The molecule has 1 fully saturated rings. The predicted octanol–water partition coefficient (Wildman–Crippen LogP) is 4.37. The van der Waals surface area contributed by atoms with Crippen molar-refractivity contribution in [1.82, 2.24) is 9.88 Å². The van der Waals surface area contributed by atoms with Crippen molar-refractivity contribution in [2.45, 2.75) is 6.61 Å². The normalized spacial score (nSPS) is 14.3. The molecule has 1 aliphatic heterocycles. The second kappa shape index (κ2) is 8.57. The largest absolute Gasteiger partial charge is 0.434 e. The highest BCUT2D eigenvalue weighted by molar-refractivity contribution is 7.18. The molecule has 3 aromatic rings. The lowest BCUT2D eigenvalue weighted by Crippen LogP contribution is -2.48. The summed E-state index contributed by atoms with van der Waals surface area (Å²) < 4.78 is 29.7. The number of carbonyl (C=O) groups excluding carboxylic acids is 1. The Morgan fingerprint density at radius 1 is 1.00 bits per heavy atom. The van der Waals surface area contributed by atoms with Crippen LogP contribution in [-0.4, -0.2) is 48.6 Å². The highest BCUT2D eigenvalue weighted by atomic mass is 32.1. The Balaban J connectivity index is 1.41. The third-order valence-corrected chi connectivity index (χ3v) is 5.83. The predicted molar refractivity (Wildman–Crippen MR) is 109 cm³/mol. The molecule has 4 rings (SSSR count). The summed E-state index contributed by atoms with van der Waals surface area (Å²) in [6.07, 6.45) is 1.87. The summed E-state index contributed by atoms with van der Waals surface area (Å²) in [7, 11) is 0. The molecule has 0 radical (unpaired) electrons. The monoisotopic (exact) mass is 415 g/mol. The molecule has 29 heavy (non-hydrogen) atoms. The number of hydrogen-bond donors (Lipinski definition) is 0. The van der Waals surface area contributed by atoms with Gasteiger partial charge in [-0.25, -0.2) is 4.98 Å². The van der Waals surface area contributed by atoms with E-state index in [0.717, 1.165) is 15.6 Å². The second-order valence-corrected chi connectivity index (χ2v) is 7.54. The number of aromatic nitrogens is 1. The van der Waals surface area contributed by atoms with Gasteiger partial charge in [-0.2, -0.15) is 8.78 Å². The van der Waals surface area contributed by atoms with Gasteiger partial charge in [0.25, 0.3) is 5.91 Å². The van der Waals surface area contributed by atoms with Crippen molar-refractivity contribution < 1.29 is 18.3 Å². The Morgan fingerprint density at radius 2 is 1.69 bits per heavy atom. The quantitative estimate of drug-likeness (QED) is 0.621. The summed E-state index contributed by atoms with van der Waals surface area (Å²) in [6.45, 7) is -0.731. The Hall–Kier alpha value is -3.00. The zero-order valence-corrected chi connectivity index (χ0v) is 16.3. The Bertz CT molecular complexity index is 973. The van der Waals surface area contributed by atoms with Gasteiger partial charge in [0, 0.05) is 32.4 Å². The molecular formula is C21H19F2N3O2S.